The molecule has 1 rings (SSSR count). The molecule has 1 aliphatic heterocycles. The van der Waals surface area contributed by atoms with Gasteiger partial charge in [-0.2, -0.15) is 5.26 Å². The van der Waals surface area contributed by atoms with Crippen molar-refractivity contribution in [2.45, 2.75) is 24.7 Å². The molecule has 0 aromatic rings. The van der Waals surface area contributed by atoms with Crippen molar-refractivity contribution >= 4 is 0 Å². The zero-order chi connectivity index (χ0) is 9.68. The Labute approximate surface area is 76.5 Å². The number of rotatable bonds is 6. The summed E-state index contributed by atoms with van der Waals surface area (Å²) in [5.74, 6) is 0. The Morgan fingerprint density at radius 3 is 2.85 bits per heavy atom. The maximum absolute atomic E-state index is 9.29. The molecule has 0 radical (unpaired) electrons. The summed E-state index contributed by atoms with van der Waals surface area (Å²) in [5.41, 5.74) is 0. The summed E-state index contributed by atoms with van der Waals surface area (Å²) in [6.45, 7) is 0.462. The molecule has 13 heavy (non-hydrogen) atoms. The van der Waals surface area contributed by atoms with Gasteiger partial charge in [0.2, 0.25) is 0 Å². The van der Waals surface area contributed by atoms with Crippen molar-refractivity contribution in [3.05, 3.63) is 0 Å². The molecule has 0 bridgehead atoms. The van der Waals surface area contributed by atoms with Crippen LogP contribution in [0.1, 0.15) is 6.42 Å². The topological polar surface area (TPSA) is 86.0 Å². The Morgan fingerprint density at radius 1 is 1.69 bits per heavy atom. The van der Waals surface area contributed by atoms with Gasteiger partial charge in [0.25, 0.3) is 0 Å². The molecule has 1 heterocycles. The van der Waals surface area contributed by atoms with Crippen LogP contribution in [0.5, 0.6) is 0 Å². The van der Waals surface area contributed by atoms with E-state index in [2.05, 4.69) is 0 Å². The Bertz CT molecular complexity index is 187. The fraction of sp³-hybridized carbons (Fsp3) is 0.875. The SMILES string of the molecule is N#CCCOC(C(O)CO)C1CO1. The molecule has 0 aliphatic carbocycles. The van der Waals surface area contributed by atoms with Crippen molar-refractivity contribution in [2.24, 2.45) is 0 Å². The smallest absolute Gasteiger partial charge is 0.114 e. The first-order valence-electron chi connectivity index (χ1n) is 4.18. The number of ether oxygens (including phenoxy) is 2. The lowest BCUT2D eigenvalue weighted by atomic mass is 10.1. The van der Waals surface area contributed by atoms with Crippen molar-refractivity contribution in [3.63, 3.8) is 0 Å². The number of aliphatic hydroxyl groups excluding tert-OH is 2. The zero-order valence-corrected chi connectivity index (χ0v) is 7.22. The minimum atomic E-state index is -0.925. The fourth-order valence-electron chi connectivity index (χ4n) is 1.06. The van der Waals surface area contributed by atoms with Gasteiger partial charge in [-0.05, 0) is 0 Å². The van der Waals surface area contributed by atoms with Gasteiger partial charge in [-0.1, -0.05) is 0 Å². The molecule has 1 aliphatic rings. The van der Waals surface area contributed by atoms with E-state index in [-0.39, 0.29) is 25.7 Å². The monoisotopic (exact) mass is 187 g/mol. The van der Waals surface area contributed by atoms with Crippen LogP contribution in [0.4, 0.5) is 0 Å². The molecule has 2 N–H and O–H groups in total. The molecule has 0 saturated carbocycles. The predicted molar refractivity (Wildman–Crippen MR) is 42.8 cm³/mol. The van der Waals surface area contributed by atoms with Crippen LogP contribution in [0.3, 0.4) is 0 Å². The Balaban J connectivity index is 2.26. The van der Waals surface area contributed by atoms with Gasteiger partial charge in [0, 0.05) is 0 Å². The van der Waals surface area contributed by atoms with Gasteiger partial charge in [-0.25, -0.2) is 0 Å². The van der Waals surface area contributed by atoms with Crippen LogP contribution in [0.2, 0.25) is 0 Å². The van der Waals surface area contributed by atoms with Crippen LogP contribution in [0.15, 0.2) is 0 Å². The highest BCUT2D eigenvalue weighted by molar-refractivity contribution is 4.85. The number of hydrogen-bond donors (Lipinski definition) is 2. The number of epoxide rings is 1. The molecule has 0 amide bonds. The highest BCUT2D eigenvalue weighted by atomic mass is 16.6. The third-order valence-electron chi connectivity index (χ3n) is 1.82. The third kappa shape index (κ3) is 3.28. The highest BCUT2D eigenvalue weighted by Gasteiger charge is 2.38. The lowest BCUT2D eigenvalue weighted by molar-refractivity contribution is -0.0674. The Hall–Kier alpha value is -0.670. The van der Waals surface area contributed by atoms with Crippen LogP contribution in [0, 0.1) is 11.3 Å². The molecular weight excluding hydrogens is 174 g/mol. The van der Waals surface area contributed by atoms with Crippen molar-refractivity contribution in [1.82, 2.24) is 0 Å². The zero-order valence-electron chi connectivity index (χ0n) is 7.22. The van der Waals surface area contributed by atoms with Crippen LogP contribution in [0.25, 0.3) is 0 Å². The Morgan fingerprint density at radius 2 is 2.38 bits per heavy atom. The second kappa shape index (κ2) is 5.14. The van der Waals surface area contributed by atoms with Gasteiger partial charge in [-0.3, -0.25) is 0 Å². The van der Waals surface area contributed by atoms with Gasteiger partial charge in [0.05, 0.1) is 32.3 Å². The molecule has 0 aromatic carbocycles. The van der Waals surface area contributed by atoms with Gasteiger partial charge >= 0.3 is 0 Å². The van der Waals surface area contributed by atoms with Crippen LogP contribution in [-0.2, 0) is 9.47 Å². The molecular formula is C8H13NO4. The standard InChI is InChI=1S/C8H13NO4/c9-2-1-3-12-8(6(11)4-10)7-5-13-7/h6-8,10-11H,1,3-5H2. The third-order valence-corrected chi connectivity index (χ3v) is 1.82. The molecule has 5 nitrogen and oxygen atoms in total. The van der Waals surface area contributed by atoms with E-state index in [1.165, 1.54) is 0 Å². The number of nitriles is 1. The molecule has 74 valence electrons. The average molecular weight is 187 g/mol. The first-order valence-corrected chi connectivity index (χ1v) is 4.18. The van der Waals surface area contributed by atoms with Gasteiger partial charge in [0.15, 0.2) is 0 Å². The van der Waals surface area contributed by atoms with Crippen LogP contribution >= 0.6 is 0 Å². The van der Waals surface area contributed by atoms with E-state index in [0.29, 0.717) is 6.61 Å². The summed E-state index contributed by atoms with van der Waals surface area (Å²) >= 11 is 0. The lowest BCUT2D eigenvalue weighted by Crippen LogP contribution is -2.36. The average Bonchev–Trinajstić information content (AvgIpc) is 2.95. The normalized spacial score (nSPS) is 24.8. The minimum absolute atomic E-state index is 0.124. The van der Waals surface area contributed by atoms with Crippen molar-refractivity contribution in [1.29, 1.82) is 5.26 Å². The highest BCUT2D eigenvalue weighted by Crippen LogP contribution is 2.20. The quantitative estimate of drug-likeness (QED) is 0.413. The van der Waals surface area contributed by atoms with E-state index in [9.17, 15) is 5.11 Å². The van der Waals surface area contributed by atoms with Crippen molar-refractivity contribution < 1.29 is 19.7 Å². The van der Waals surface area contributed by atoms with Gasteiger partial charge in [-0.15, -0.1) is 0 Å². The molecule has 3 atom stereocenters. The van der Waals surface area contributed by atoms with E-state index in [4.69, 9.17) is 19.8 Å². The summed E-state index contributed by atoms with van der Waals surface area (Å²) < 4.78 is 10.1. The van der Waals surface area contributed by atoms with E-state index in [1.807, 2.05) is 6.07 Å². The maximum Gasteiger partial charge on any atom is 0.114 e. The molecule has 0 aromatic heterocycles. The van der Waals surface area contributed by atoms with Gasteiger partial charge in [0.1, 0.15) is 18.3 Å². The van der Waals surface area contributed by atoms with Crippen LogP contribution < -0.4 is 0 Å². The first-order chi connectivity index (χ1) is 6.29. The fourth-order valence-corrected chi connectivity index (χ4v) is 1.06. The number of nitrogens with zero attached hydrogens (tertiary/aromatic N) is 1. The Kier molecular flexibility index (Phi) is 4.12. The van der Waals surface area contributed by atoms with Gasteiger partial charge < -0.3 is 19.7 Å². The molecule has 5 heteroatoms. The summed E-state index contributed by atoms with van der Waals surface area (Å²) in [6.07, 6.45) is -1.27. The molecule has 3 unspecified atom stereocenters. The molecule has 1 saturated heterocycles. The first kappa shape index (κ1) is 10.4. The summed E-state index contributed by atoms with van der Waals surface area (Å²) in [7, 11) is 0. The molecule has 1 fully saturated rings. The van der Waals surface area contributed by atoms with Crippen LogP contribution in [-0.4, -0.2) is 48.3 Å². The van der Waals surface area contributed by atoms with Crippen molar-refractivity contribution in [3.8, 4) is 6.07 Å². The largest absolute Gasteiger partial charge is 0.394 e. The predicted octanol–water partition coefficient (Wildman–Crippen LogP) is -0.963. The van der Waals surface area contributed by atoms with E-state index >= 15 is 0 Å². The molecule has 0 spiro atoms. The van der Waals surface area contributed by atoms with E-state index in [1.54, 1.807) is 0 Å². The summed E-state index contributed by atoms with van der Waals surface area (Å²) in [5, 5.41) is 26.2. The summed E-state index contributed by atoms with van der Waals surface area (Å²) in [6, 6.07) is 1.93. The lowest BCUT2D eigenvalue weighted by Gasteiger charge is -2.19. The van der Waals surface area contributed by atoms with Crippen molar-refractivity contribution in [2.75, 3.05) is 19.8 Å². The maximum atomic E-state index is 9.29. The second-order valence-electron chi connectivity index (χ2n) is 2.87. The number of hydrogen-bond acceptors (Lipinski definition) is 5. The van der Waals surface area contributed by atoms with E-state index in [0.717, 1.165) is 0 Å². The summed E-state index contributed by atoms with van der Waals surface area (Å²) in [4.78, 5) is 0. The second-order valence-corrected chi connectivity index (χ2v) is 2.87. The number of aliphatic hydroxyl groups is 2. The van der Waals surface area contributed by atoms with E-state index < -0.39 is 12.2 Å². The minimum Gasteiger partial charge on any atom is -0.394 e.